The van der Waals surface area contributed by atoms with Gasteiger partial charge >= 0.3 is 0 Å². The highest BCUT2D eigenvalue weighted by Crippen LogP contribution is 2.18. The standard InChI is InChI=1S/C16H16ClN3O/c1-21-13-5-6-14-15(8-13)20-16(19-14)10-18-9-11-3-2-4-12(17)7-11/h2-8,18H,9-10H2,1H3,(H,19,20). The average molecular weight is 302 g/mol. The van der Waals surface area contributed by atoms with Crippen LogP contribution >= 0.6 is 11.6 Å². The molecule has 0 bridgehead atoms. The van der Waals surface area contributed by atoms with Gasteiger partial charge in [0.2, 0.25) is 0 Å². The maximum absolute atomic E-state index is 5.96. The highest BCUT2D eigenvalue weighted by molar-refractivity contribution is 6.30. The number of methoxy groups -OCH3 is 1. The van der Waals surface area contributed by atoms with E-state index in [9.17, 15) is 0 Å². The van der Waals surface area contributed by atoms with E-state index >= 15 is 0 Å². The third-order valence-electron chi connectivity index (χ3n) is 3.25. The first-order valence-corrected chi connectivity index (χ1v) is 7.10. The number of hydrogen-bond acceptors (Lipinski definition) is 3. The Kier molecular flexibility index (Phi) is 4.08. The Morgan fingerprint density at radius 2 is 2.10 bits per heavy atom. The SMILES string of the molecule is COc1ccc2nc(CNCc3cccc(Cl)c3)[nH]c2c1. The van der Waals surface area contributed by atoms with Gasteiger partial charge < -0.3 is 15.0 Å². The molecule has 0 fully saturated rings. The Morgan fingerprint density at radius 1 is 1.19 bits per heavy atom. The normalized spacial score (nSPS) is 11.0. The first-order chi connectivity index (χ1) is 10.2. The smallest absolute Gasteiger partial charge is 0.121 e. The molecule has 108 valence electrons. The molecular weight excluding hydrogens is 286 g/mol. The fraction of sp³-hybridized carbons (Fsp3) is 0.188. The van der Waals surface area contributed by atoms with Gasteiger partial charge in [0.15, 0.2) is 0 Å². The fourth-order valence-electron chi connectivity index (χ4n) is 2.22. The predicted octanol–water partition coefficient (Wildman–Crippen LogP) is 3.51. The monoisotopic (exact) mass is 301 g/mol. The Morgan fingerprint density at radius 3 is 2.90 bits per heavy atom. The summed E-state index contributed by atoms with van der Waals surface area (Å²) >= 11 is 5.96. The van der Waals surface area contributed by atoms with Gasteiger partial charge in [-0.15, -0.1) is 0 Å². The number of rotatable bonds is 5. The van der Waals surface area contributed by atoms with E-state index in [1.807, 2.05) is 42.5 Å². The van der Waals surface area contributed by atoms with Crippen molar-refractivity contribution < 1.29 is 4.74 Å². The van der Waals surface area contributed by atoms with Crippen molar-refractivity contribution in [1.82, 2.24) is 15.3 Å². The van der Waals surface area contributed by atoms with Crippen molar-refractivity contribution in [3.8, 4) is 5.75 Å². The van der Waals surface area contributed by atoms with Crippen molar-refractivity contribution in [2.75, 3.05) is 7.11 Å². The molecule has 5 heteroatoms. The van der Waals surface area contributed by atoms with Crippen molar-refractivity contribution in [3.05, 3.63) is 58.9 Å². The molecule has 3 rings (SSSR count). The van der Waals surface area contributed by atoms with E-state index in [1.165, 1.54) is 0 Å². The van der Waals surface area contributed by atoms with Crippen LogP contribution in [0.2, 0.25) is 5.02 Å². The van der Waals surface area contributed by atoms with Crippen LogP contribution in [0.3, 0.4) is 0 Å². The summed E-state index contributed by atoms with van der Waals surface area (Å²) in [6.45, 7) is 1.42. The molecule has 0 aliphatic rings. The van der Waals surface area contributed by atoms with Crippen LogP contribution in [-0.2, 0) is 13.1 Å². The van der Waals surface area contributed by atoms with Gasteiger partial charge in [0.05, 0.1) is 24.7 Å². The maximum atomic E-state index is 5.96. The van der Waals surface area contributed by atoms with Crippen LogP contribution in [0.4, 0.5) is 0 Å². The van der Waals surface area contributed by atoms with E-state index < -0.39 is 0 Å². The molecule has 0 aliphatic heterocycles. The molecule has 0 atom stereocenters. The zero-order chi connectivity index (χ0) is 14.7. The number of nitrogens with zero attached hydrogens (tertiary/aromatic N) is 1. The Bertz CT molecular complexity index is 754. The minimum Gasteiger partial charge on any atom is -0.497 e. The second-order valence-electron chi connectivity index (χ2n) is 4.80. The molecule has 0 radical (unpaired) electrons. The molecule has 2 N–H and O–H groups in total. The molecule has 1 aromatic heterocycles. The number of nitrogens with one attached hydrogen (secondary N) is 2. The molecule has 0 aliphatic carbocycles. The number of hydrogen-bond donors (Lipinski definition) is 2. The maximum Gasteiger partial charge on any atom is 0.121 e. The molecule has 0 spiro atoms. The minimum absolute atomic E-state index is 0.670. The number of aromatic amines is 1. The lowest BCUT2D eigenvalue weighted by Gasteiger charge is -2.03. The van der Waals surface area contributed by atoms with Gasteiger partial charge in [0.1, 0.15) is 11.6 Å². The van der Waals surface area contributed by atoms with Gasteiger partial charge in [-0.1, -0.05) is 23.7 Å². The van der Waals surface area contributed by atoms with Crippen molar-refractivity contribution in [3.63, 3.8) is 0 Å². The molecule has 0 unspecified atom stereocenters. The third kappa shape index (κ3) is 3.35. The van der Waals surface area contributed by atoms with Gasteiger partial charge in [0, 0.05) is 17.6 Å². The van der Waals surface area contributed by atoms with Crippen molar-refractivity contribution in [1.29, 1.82) is 0 Å². The molecule has 1 heterocycles. The lowest BCUT2D eigenvalue weighted by molar-refractivity contribution is 0.415. The van der Waals surface area contributed by atoms with Gasteiger partial charge in [-0.05, 0) is 29.8 Å². The minimum atomic E-state index is 0.670. The Hall–Kier alpha value is -2.04. The van der Waals surface area contributed by atoms with Crippen molar-refractivity contribution in [2.45, 2.75) is 13.1 Å². The molecular formula is C16H16ClN3O. The van der Waals surface area contributed by atoms with E-state index in [0.717, 1.165) is 39.7 Å². The number of ether oxygens (including phenoxy) is 1. The number of fused-ring (bicyclic) bond motifs is 1. The summed E-state index contributed by atoms with van der Waals surface area (Å²) in [7, 11) is 1.66. The first-order valence-electron chi connectivity index (χ1n) is 6.72. The van der Waals surface area contributed by atoms with Crippen molar-refractivity contribution in [2.24, 2.45) is 0 Å². The topological polar surface area (TPSA) is 49.9 Å². The molecule has 0 amide bonds. The van der Waals surface area contributed by atoms with Crippen molar-refractivity contribution >= 4 is 22.6 Å². The largest absolute Gasteiger partial charge is 0.497 e. The summed E-state index contributed by atoms with van der Waals surface area (Å²) in [5.74, 6) is 1.73. The molecule has 0 saturated heterocycles. The second kappa shape index (κ2) is 6.16. The average Bonchev–Trinajstić information content (AvgIpc) is 2.89. The summed E-state index contributed by atoms with van der Waals surface area (Å²) in [6.07, 6.45) is 0. The lowest BCUT2D eigenvalue weighted by atomic mass is 10.2. The molecule has 21 heavy (non-hydrogen) atoms. The van der Waals surface area contributed by atoms with Crippen LogP contribution in [0, 0.1) is 0 Å². The van der Waals surface area contributed by atoms with Gasteiger partial charge in [-0.2, -0.15) is 0 Å². The first kappa shape index (κ1) is 13.9. The molecule has 4 nitrogen and oxygen atoms in total. The number of aromatic nitrogens is 2. The summed E-state index contributed by atoms with van der Waals surface area (Å²) in [5, 5.41) is 4.11. The van der Waals surface area contributed by atoms with Gasteiger partial charge in [-0.3, -0.25) is 0 Å². The molecule has 2 aromatic carbocycles. The zero-order valence-electron chi connectivity index (χ0n) is 11.7. The molecule has 3 aromatic rings. The Labute approximate surface area is 128 Å². The molecule has 0 saturated carbocycles. The van der Waals surface area contributed by atoms with Crippen LogP contribution in [0.25, 0.3) is 11.0 Å². The van der Waals surface area contributed by atoms with Crippen LogP contribution in [0.1, 0.15) is 11.4 Å². The second-order valence-corrected chi connectivity index (χ2v) is 5.24. The summed E-state index contributed by atoms with van der Waals surface area (Å²) in [5.41, 5.74) is 3.07. The van der Waals surface area contributed by atoms with Gasteiger partial charge in [-0.25, -0.2) is 4.98 Å². The van der Waals surface area contributed by atoms with E-state index in [-0.39, 0.29) is 0 Å². The lowest BCUT2D eigenvalue weighted by Crippen LogP contribution is -2.13. The quantitative estimate of drug-likeness (QED) is 0.758. The summed E-state index contributed by atoms with van der Waals surface area (Å²) in [6, 6.07) is 13.6. The van der Waals surface area contributed by atoms with E-state index in [0.29, 0.717) is 6.54 Å². The number of halogens is 1. The van der Waals surface area contributed by atoms with Crippen LogP contribution in [0.15, 0.2) is 42.5 Å². The third-order valence-corrected chi connectivity index (χ3v) is 3.48. The number of imidazole rings is 1. The predicted molar refractivity (Wildman–Crippen MR) is 84.6 cm³/mol. The van der Waals surface area contributed by atoms with Crippen LogP contribution in [-0.4, -0.2) is 17.1 Å². The number of benzene rings is 2. The van der Waals surface area contributed by atoms with E-state index in [1.54, 1.807) is 7.11 Å². The number of H-pyrrole nitrogens is 1. The van der Waals surface area contributed by atoms with E-state index in [4.69, 9.17) is 16.3 Å². The van der Waals surface area contributed by atoms with E-state index in [2.05, 4.69) is 15.3 Å². The fourth-order valence-corrected chi connectivity index (χ4v) is 2.44. The zero-order valence-corrected chi connectivity index (χ0v) is 12.4. The van der Waals surface area contributed by atoms with Crippen LogP contribution in [0.5, 0.6) is 5.75 Å². The summed E-state index contributed by atoms with van der Waals surface area (Å²) < 4.78 is 5.21. The summed E-state index contributed by atoms with van der Waals surface area (Å²) in [4.78, 5) is 7.83. The van der Waals surface area contributed by atoms with Gasteiger partial charge in [0.25, 0.3) is 0 Å². The highest BCUT2D eigenvalue weighted by Gasteiger charge is 2.04. The highest BCUT2D eigenvalue weighted by atomic mass is 35.5. The van der Waals surface area contributed by atoms with Crippen LogP contribution < -0.4 is 10.1 Å². The Balaban J connectivity index is 1.65.